The molecule has 1 N–H and O–H groups in total. The SMILES string of the molecule is COc1ccc(N(C/C=C/c2ccccc2)C(=O)Nc2cccc(C(F)(F)F)c2)cc1. The minimum absolute atomic E-state index is 0.0605. The van der Waals surface area contributed by atoms with Gasteiger partial charge < -0.3 is 10.1 Å². The number of carbonyl (C=O) groups excluding carboxylic acids is 1. The number of halogens is 3. The van der Waals surface area contributed by atoms with Gasteiger partial charge in [0.1, 0.15) is 5.75 Å². The van der Waals surface area contributed by atoms with E-state index in [4.69, 9.17) is 4.74 Å². The second-order valence-electron chi connectivity index (χ2n) is 6.63. The molecule has 7 heteroatoms. The van der Waals surface area contributed by atoms with Crippen molar-refractivity contribution < 1.29 is 22.7 Å². The summed E-state index contributed by atoms with van der Waals surface area (Å²) in [5, 5.41) is 2.55. The zero-order valence-corrected chi connectivity index (χ0v) is 16.8. The number of nitrogens with zero attached hydrogens (tertiary/aromatic N) is 1. The van der Waals surface area contributed by atoms with Gasteiger partial charge in [0.05, 0.1) is 12.7 Å². The van der Waals surface area contributed by atoms with Crippen LogP contribution in [-0.4, -0.2) is 19.7 Å². The Hall–Kier alpha value is -3.74. The number of methoxy groups -OCH3 is 1. The molecule has 0 radical (unpaired) electrons. The quantitative estimate of drug-likeness (QED) is 0.491. The fourth-order valence-corrected chi connectivity index (χ4v) is 2.89. The van der Waals surface area contributed by atoms with E-state index in [0.717, 1.165) is 17.7 Å². The van der Waals surface area contributed by atoms with Crippen molar-refractivity contribution in [3.05, 3.63) is 96.1 Å². The largest absolute Gasteiger partial charge is 0.497 e. The normalized spacial score (nSPS) is 11.4. The molecule has 3 aromatic carbocycles. The van der Waals surface area contributed by atoms with E-state index in [1.807, 2.05) is 42.5 Å². The van der Waals surface area contributed by atoms with Crippen LogP contribution in [0, 0.1) is 0 Å². The van der Waals surface area contributed by atoms with Gasteiger partial charge in [0.15, 0.2) is 0 Å². The summed E-state index contributed by atoms with van der Waals surface area (Å²) in [6.45, 7) is 0.214. The van der Waals surface area contributed by atoms with E-state index in [1.165, 1.54) is 24.1 Å². The zero-order chi connectivity index (χ0) is 22.3. The first-order chi connectivity index (χ1) is 14.9. The second kappa shape index (κ2) is 9.84. The van der Waals surface area contributed by atoms with Crippen molar-refractivity contribution in [3.8, 4) is 5.75 Å². The van der Waals surface area contributed by atoms with E-state index in [0.29, 0.717) is 11.4 Å². The van der Waals surface area contributed by atoms with Crippen LogP contribution in [0.5, 0.6) is 5.75 Å². The monoisotopic (exact) mass is 426 g/mol. The van der Waals surface area contributed by atoms with Crippen LogP contribution in [0.4, 0.5) is 29.3 Å². The Balaban J connectivity index is 1.82. The number of benzene rings is 3. The second-order valence-corrected chi connectivity index (χ2v) is 6.63. The number of amides is 2. The molecule has 3 aromatic rings. The number of urea groups is 1. The molecule has 4 nitrogen and oxygen atoms in total. The van der Waals surface area contributed by atoms with E-state index in [-0.39, 0.29) is 12.2 Å². The summed E-state index contributed by atoms with van der Waals surface area (Å²) in [5.74, 6) is 0.627. The minimum Gasteiger partial charge on any atom is -0.497 e. The van der Waals surface area contributed by atoms with Gasteiger partial charge in [0.25, 0.3) is 0 Å². The molecule has 0 saturated carbocycles. The molecule has 0 aliphatic rings. The van der Waals surface area contributed by atoms with Crippen molar-refractivity contribution in [2.24, 2.45) is 0 Å². The van der Waals surface area contributed by atoms with Gasteiger partial charge in [-0.2, -0.15) is 13.2 Å². The number of anilines is 2. The zero-order valence-electron chi connectivity index (χ0n) is 16.8. The molecular formula is C24H21F3N2O2. The van der Waals surface area contributed by atoms with Crippen LogP contribution in [0.2, 0.25) is 0 Å². The molecule has 0 atom stereocenters. The number of alkyl halides is 3. The lowest BCUT2D eigenvalue weighted by Gasteiger charge is -2.22. The number of hydrogen-bond donors (Lipinski definition) is 1. The smallest absolute Gasteiger partial charge is 0.416 e. The first-order valence-corrected chi connectivity index (χ1v) is 9.48. The fraction of sp³-hybridized carbons (Fsp3) is 0.125. The first-order valence-electron chi connectivity index (χ1n) is 9.48. The summed E-state index contributed by atoms with van der Waals surface area (Å²) in [4.78, 5) is 14.4. The van der Waals surface area contributed by atoms with Crippen molar-refractivity contribution in [3.63, 3.8) is 0 Å². The Morgan fingerprint density at radius 2 is 1.71 bits per heavy atom. The molecule has 3 rings (SSSR count). The summed E-state index contributed by atoms with van der Waals surface area (Å²) in [7, 11) is 1.54. The van der Waals surface area contributed by atoms with Gasteiger partial charge in [-0.25, -0.2) is 4.79 Å². The highest BCUT2D eigenvalue weighted by atomic mass is 19.4. The lowest BCUT2D eigenvalue weighted by molar-refractivity contribution is -0.137. The predicted molar refractivity (Wildman–Crippen MR) is 116 cm³/mol. The highest BCUT2D eigenvalue weighted by Crippen LogP contribution is 2.31. The van der Waals surface area contributed by atoms with Crippen LogP contribution in [-0.2, 0) is 6.18 Å². The third kappa shape index (κ3) is 6.12. The lowest BCUT2D eigenvalue weighted by atomic mass is 10.2. The average Bonchev–Trinajstić information content (AvgIpc) is 2.77. The Kier molecular flexibility index (Phi) is 6.97. The van der Waals surface area contributed by atoms with Crippen LogP contribution in [0.3, 0.4) is 0 Å². The maximum absolute atomic E-state index is 13.0. The highest BCUT2D eigenvalue weighted by Gasteiger charge is 2.30. The molecular weight excluding hydrogens is 405 g/mol. The van der Waals surface area contributed by atoms with Crippen LogP contribution in [0.1, 0.15) is 11.1 Å². The third-order valence-electron chi connectivity index (χ3n) is 4.47. The van der Waals surface area contributed by atoms with Crippen LogP contribution < -0.4 is 15.0 Å². The standard InChI is InChI=1S/C24H21F3N2O2/c1-31-22-14-12-21(13-15-22)29(16-6-9-18-7-3-2-4-8-18)23(30)28-20-11-5-10-19(17-20)24(25,26)27/h2-15,17H,16H2,1H3,(H,28,30)/b9-6+. The first kappa shape index (κ1) is 22.0. The summed E-state index contributed by atoms with van der Waals surface area (Å²) >= 11 is 0. The highest BCUT2D eigenvalue weighted by molar-refractivity contribution is 6.02. The van der Waals surface area contributed by atoms with Gasteiger partial charge in [-0.3, -0.25) is 4.90 Å². The summed E-state index contributed by atoms with van der Waals surface area (Å²) in [5.41, 5.74) is 0.772. The summed E-state index contributed by atoms with van der Waals surface area (Å²) in [6, 6.07) is 20.4. The Morgan fingerprint density at radius 1 is 1.00 bits per heavy atom. The Labute approximate surface area is 178 Å². The molecule has 0 aliphatic heterocycles. The van der Waals surface area contributed by atoms with Gasteiger partial charge in [-0.15, -0.1) is 0 Å². The molecule has 0 aromatic heterocycles. The van der Waals surface area contributed by atoms with Crippen molar-refractivity contribution in [2.75, 3.05) is 23.9 Å². The molecule has 0 fully saturated rings. The molecule has 0 heterocycles. The topological polar surface area (TPSA) is 41.6 Å². The molecule has 0 spiro atoms. The molecule has 31 heavy (non-hydrogen) atoms. The van der Waals surface area contributed by atoms with Crippen molar-refractivity contribution >= 4 is 23.5 Å². The third-order valence-corrected chi connectivity index (χ3v) is 4.47. The van der Waals surface area contributed by atoms with Gasteiger partial charge in [-0.05, 0) is 48.0 Å². The number of hydrogen-bond acceptors (Lipinski definition) is 2. The molecule has 0 bridgehead atoms. The maximum atomic E-state index is 13.0. The maximum Gasteiger partial charge on any atom is 0.416 e. The van der Waals surface area contributed by atoms with Gasteiger partial charge in [-0.1, -0.05) is 48.6 Å². The van der Waals surface area contributed by atoms with E-state index >= 15 is 0 Å². The minimum atomic E-state index is -4.49. The van der Waals surface area contributed by atoms with Crippen molar-refractivity contribution in [1.29, 1.82) is 0 Å². The molecule has 2 amide bonds. The van der Waals surface area contributed by atoms with E-state index in [2.05, 4.69) is 5.32 Å². The Morgan fingerprint density at radius 3 is 2.35 bits per heavy atom. The number of ether oxygens (including phenoxy) is 1. The van der Waals surface area contributed by atoms with Gasteiger partial charge >= 0.3 is 12.2 Å². The number of rotatable bonds is 6. The van der Waals surface area contributed by atoms with E-state index in [1.54, 1.807) is 24.3 Å². The Bertz CT molecular complexity index is 1030. The molecule has 0 aliphatic carbocycles. The van der Waals surface area contributed by atoms with Crippen LogP contribution in [0.15, 0.2) is 84.9 Å². The van der Waals surface area contributed by atoms with Crippen LogP contribution in [0.25, 0.3) is 6.08 Å². The van der Waals surface area contributed by atoms with Gasteiger partial charge in [0, 0.05) is 17.9 Å². The fourth-order valence-electron chi connectivity index (χ4n) is 2.89. The van der Waals surface area contributed by atoms with Crippen molar-refractivity contribution in [1.82, 2.24) is 0 Å². The lowest BCUT2D eigenvalue weighted by Crippen LogP contribution is -2.35. The molecule has 160 valence electrons. The molecule has 0 saturated heterocycles. The number of carbonyl (C=O) groups is 1. The predicted octanol–water partition coefficient (Wildman–Crippen LogP) is 6.47. The average molecular weight is 426 g/mol. The van der Waals surface area contributed by atoms with Crippen molar-refractivity contribution in [2.45, 2.75) is 6.18 Å². The van der Waals surface area contributed by atoms with E-state index < -0.39 is 17.8 Å². The number of nitrogens with one attached hydrogen (secondary N) is 1. The van der Waals surface area contributed by atoms with Crippen LogP contribution >= 0.6 is 0 Å². The molecule has 0 unspecified atom stereocenters. The summed E-state index contributed by atoms with van der Waals surface area (Å²) < 4.78 is 44.1. The summed E-state index contributed by atoms with van der Waals surface area (Å²) in [6.07, 6.45) is -0.811. The van der Waals surface area contributed by atoms with E-state index in [9.17, 15) is 18.0 Å². The van der Waals surface area contributed by atoms with Gasteiger partial charge in [0.2, 0.25) is 0 Å².